The zero-order chi connectivity index (χ0) is 14.4. The molecule has 2 rings (SSSR count). The first-order valence-corrected chi connectivity index (χ1v) is 7.29. The Hall–Kier alpha value is -1.39. The van der Waals surface area contributed by atoms with Crippen LogP contribution in [0.5, 0.6) is 0 Å². The van der Waals surface area contributed by atoms with E-state index in [0.717, 1.165) is 31.5 Å². The minimum absolute atomic E-state index is 0.0127. The third-order valence-corrected chi connectivity index (χ3v) is 3.68. The largest absolute Gasteiger partial charge is 0.364 e. The van der Waals surface area contributed by atoms with Crippen molar-refractivity contribution >= 4 is 5.91 Å². The number of nitrogens with zero attached hydrogens (tertiary/aromatic N) is 1. The first-order valence-electron chi connectivity index (χ1n) is 7.29. The van der Waals surface area contributed by atoms with E-state index in [0.29, 0.717) is 6.61 Å². The van der Waals surface area contributed by atoms with Crippen LogP contribution >= 0.6 is 0 Å². The summed E-state index contributed by atoms with van der Waals surface area (Å²) in [5.41, 5.74) is 1.09. The molecule has 0 aromatic heterocycles. The van der Waals surface area contributed by atoms with Gasteiger partial charge < -0.3 is 15.0 Å². The van der Waals surface area contributed by atoms with Crippen molar-refractivity contribution in [3.8, 4) is 0 Å². The predicted octanol–water partition coefficient (Wildman–Crippen LogP) is 1.80. The summed E-state index contributed by atoms with van der Waals surface area (Å²) < 4.78 is 5.63. The Bertz CT molecular complexity index is 422. The molecule has 0 bridgehead atoms. The Kier molecular flexibility index (Phi) is 5.56. The summed E-state index contributed by atoms with van der Waals surface area (Å²) in [6, 6.07) is 10.2. The molecule has 1 fully saturated rings. The molecule has 0 saturated carbocycles. The summed E-state index contributed by atoms with van der Waals surface area (Å²) in [6.07, 6.45) is 1.78. The van der Waals surface area contributed by atoms with E-state index in [1.807, 2.05) is 37.3 Å². The minimum atomic E-state index is -0.414. The Labute approximate surface area is 121 Å². The maximum Gasteiger partial charge on any atom is 0.249 e. The number of hydrogen-bond donors (Lipinski definition) is 1. The second-order valence-corrected chi connectivity index (χ2v) is 5.55. The maximum absolute atomic E-state index is 12.1. The molecule has 20 heavy (non-hydrogen) atoms. The van der Waals surface area contributed by atoms with E-state index in [1.54, 1.807) is 0 Å². The zero-order valence-corrected chi connectivity index (χ0v) is 12.3. The Morgan fingerprint density at radius 3 is 2.90 bits per heavy atom. The van der Waals surface area contributed by atoms with E-state index >= 15 is 0 Å². The fourth-order valence-electron chi connectivity index (χ4n) is 2.47. The highest BCUT2D eigenvalue weighted by atomic mass is 16.5. The summed E-state index contributed by atoms with van der Waals surface area (Å²) in [4.78, 5) is 14.3. The van der Waals surface area contributed by atoms with Gasteiger partial charge in [0.25, 0.3) is 0 Å². The molecule has 1 aromatic rings. The number of ether oxygens (including phenoxy) is 1. The lowest BCUT2D eigenvalue weighted by molar-refractivity contribution is -0.133. The van der Waals surface area contributed by atoms with Gasteiger partial charge in [-0.05, 0) is 38.9 Å². The van der Waals surface area contributed by atoms with Gasteiger partial charge in [-0.1, -0.05) is 30.3 Å². The lowest BCUT2D eigenvalue weighted by atomic mass is 10.1. The lowest BCUT2D eigenvalue weighted by Crippen LogP contribution is -2.49. The molecule has 4 nitrogen and oxygen atoms in total. The van der Waals surface area contributed by atoms with Crippen molar-refractivity contribution in [2.75, 3.05) is 20.1 Å². The molecule has 2 atom stereocenters. The van der Waals surface area contributed by atoms with Crippen molar-refractivity contribution < 1.29 is 9.53 Å². The number of rotatable bonds is 5. The fraction of sp³-hybridized carbons (Fsp3) is 0.562. The molecule has 0 aliphatic carbocycles. The molecule has 0 spiro atoms. The van der Waals surface area contributed by atoms with Crippen LogP contribution < -0.4 is 5.32 Å². The second kappa shape index (κ2) is 7.41. The normalized spacial score (nSPS) is 21.4. The highest BCUT2D eigenvalue weighted by Gasteiger charge is 2.21. The summed E-state index contributed by atoms with van der Waals surface area (Å²) >= 11 is 0. The van der Waals surface area contributed by atoms with E-state index in [9.17, 15) is 4.79 Å². The van der Waals surface area contributed by atoms with Crippen LogP contribution in [0.2, 0.25) is 0 Å². The SMILES string of the molecule is C[C@@H](OCc1ccccc1)C(=O)N[C@H]1CCCN(C)C1. The minimum Gasteiger partial charge on any atom is -0.364 e. The Balaban J connectivity index is 1.74. The number of likely N-dealkylation sites (N-methyl/N-ethyl adjacent to an activating group) is 1. The highest BCUT2D eigenvalue weighted by Crippen LogP contribution is 2.09. The van der Waals surface area contributed by atoms with Crippen molar-refractivity contribution in [3.05, 3.63) is 35.9 Å². The van der Waals surface area contributed by atoms with Crippen LogP contribution in [-0.2, 0) is 16.1 Å². The van der Waals surface area contributed by atoms with E-state index < -0.39 is 6.10 Å². The summed E-state index contributed by atoms with van der Waals surface area (Å²) in [5, 5.41) is 3.08. The third kappa shape index (κ3) is 4.62. The molecule has 110 valence electrons. The van der Waals surface area contributed by atoms with Crippen molar-refractivity contribution in [2.24, 2.45) is 0 Å². The van der Waals surface area contributed by atoms with Crippen LogP contribution in [0.4, 0.5) is 0 Å². The number of amides is 1. The molecular weight excluding hydrogens is 252 g/mol. The molecule has 1 N–H and O–H groups in total. The van der Waals surface area contributed by atoms with Crippen LogP contribution in [0.3, 0.4) is 0 Å². The summed E-state index contributed by atoms with van der Waals surface area (Å²) in [7, 11) is 2.09. The third-order valence-electron chi connectivity index (χ3n) is 3.68. The zero-order valence-electron chi connectivity index (χ0n) is 12.3. The van der Waals surface area contributed by atoms with Gasteiger partial charge in [0.1, 0.15) is 6.10 Å². The van der Waals surface area contributed by atoms with Crippen molar-refractivity contribution in [1.82, 2.24) is 10.2 Å². The fourth-order valence-corrected chi connectivity index (χ4v) is 2.47. The second-order valence-electron chi connectivity index (χ2n) is 5.55. The molecule has 4 heteroatoms. The van der Waals surface area contributed by atoms with Crippen LogP contribution in [0.25, 0.3) is 0 Å². The van der Waals surface area contributed by atoms with Gasteiger partial charge in [0.2, 0.25) is 5.91 Å². The number of carbonyl (C=O) groups is 1. The van der Waals surface area contributed by atoms with Crippen LogP contribution in [-0.4, -0.2) is 43.1 Å². The molecule has 0 radical (unpaired) electrons. The summed E-state index contributed by atoms with van der Waals surface area (Å²) in [6.45, 7) is 4.33. The van der Waals surface area contributed by atoms with E-state index in [4.69, 9.17) is 4.74 Å². The first-order chi connectivity index (χ1) is 9.65. The maximum atomic E-state index is 12.1. The van der Waals surface area contributed by atoms with E-state index in [-0.39, 0.29) is 11.9 Å². The van der Waals surface area contributed by atoms with Gasteiger partial charge in [-0.25, -0.2) is 0 Å². The molecule has 0 unspecified atom stereocenters. The van der Waals surface area contributed by atoms with Gasteiger partial charge in [0, 0.05) is 12.6 Å². The predicted molar refractivity (Wildman–Crippen MR) is 79.4 cm³/mol. The number of likely N-dealkylation sites (tertiary alicyclic amines) is 1. The smallest absolute Gasteiger partial charge is 0.249 e. The molecule has 1 aromatic carbocycles. The first kappa shape index (κ1) is 15.0. The standard InChI is InChI=1S/C16H24N2O2/c1-13(20-12-14-7-4-3-5-8-14)16(19)17-15-9-6-10-18(2)11-15/h3-5,7-8,13,15H,6,9-12H2,1-2H3,(H,17,19)/t13-,15+/m1/s1. The average Bonchev–Trinajstić information content (AvgIpc) is 2.46. The lowest BCUT2D eigenvalue weighted by Gasteiger charge is -2.30. The van der Waals surface area contributed by atoms with Gasteiger partial charge in [0.15, 0.2) is 0 Å². The van der Waals surface area contributed by atoms with Crippen LogP contribution in [0.1, 0.15) is 25.3 Å². The number of hydrogen-bond acceptors (Lipinski definition) is 3. The van der Waals surface area contributed by atoms with E-state index in [2.05, 4.69) is 17.3 Å². The van der Waals surface area contributed by atoms with Gasteiger partial charge in [0.05, 0.1) is 6.61 Å². The molecule has 1 heterocycles. The molecule has 1 aliphatic rings. The van der Waals surface area contributed by atoms with Gasteiger partial charge >= 0.3 is 0 Å². The highest BCUT2D eigenvalue weighted by molar-refractivity contribution is 5.80. The Morgan fingerprint density at radius 2 is 2.20 bits per heavy atom. The van der Waals surface area contributed by atoms with Crippen molar-refractivity contribution in [2.45, 2.75) is 38.5 Å². The van der Waals surface area contributed by atoms with Crippen molar-refractivity contribution in [1.29, 1.82) is 0 Å². The molecular formula is C16H24N2O2. The summed E-state index contributed by atoms with van der Waals surface area (Å²) in [5.74, 6) is -0.0127. The number of carbonyl (C=O) groups excluding carboxylic acids is 1. The molecule has 1 aliphatic heterocycles. The monoisotopic (exact) mass is 276 g/mol. The quantitative estimate of drug-likeness (QED) is 0.891. The van der Waals surface area contributed by atoms with Gasteiger partial charge in [-0.2, -0.15) is 0 Å². The topological polar surface area (TPSA) is 41.6 Å². The number of piperidine rings is 1. The number of benzene rings is 1. The van der Waals surface area contributed by atoms with E-state index in [1.165, 1.54) is 0 Å². The molecule has 1 amide bonds. The van der Waals surface area contributed by atoms with Crippen LogP contribution in [0, 0.1) is 0 Å². The average molecular weight is 276 g/mol. The number of nitrogens with one attached hydrogen (secondary N) is 1. The van der Waals surface area contributed by atoms with Crippen LogP contribution in [0.15, 0.2) is 30.3 Å². The van der Waals surface area contributed by atoms with Gasteiger partial charge in [-0.15, -0.1) is 0 Å². The van der Waals surface area contributed by atoms with Crippen molar-refractivity contribution in [3.63, 3.8) is 0 Å². The Morgan fingerprint density at radius 1 is 1.45 bits per heavy atom. The molecule has 1 saturated heterocycles. The van der Waals surface area contributed by atoms with Gasteiger partial charge in [-0.3, -0.25) is 4.79 Å².